The van der Waals surface area contributed by atoms with Gasteiger partial charge in [-0.25, -0.2) is 0 Å². The summed E-state index contributed by atoms with van der Waals surface area (Å²) in [4.78, 5) is 16.9. The summed E-state index contributed by atoms with van der Waals surface area (Å²) >= 11 is 1.80. The van der Waals surface area contributed by atoms with Gasteiger partial charge in [-0.15, -0.1) is 0 Å². The van der Waals surface area contributed by atoms with Gasteiger partial charge < -0.3 is 14.6 Å². The summed E-state index contributed by atoms with van der Waals surface area (Å²) in [6.07, 6.45) is 2.37. The number of aliphatic imine (C=N–C) groups is 1. The van der Waals surface area contributed by atoms with Gasteiger partial charge in [-0.05, 0) is 12.5 Å². The number of methoxy groups -OCH3 is 2. The molecule has 0 bridgehead atoms. The molecule has 0 radical (unpaired) electrons. The number of carbonyl (C=O) groups excluding carboxylic acids is 1. The monoisotopic (exact) mass is 361 g/mol. The first kappa shape index (κ1) is 17.9. The van der Waals surface area contributed by atoms with Crippen LogP contribution in [0.3, 0.4) is 0 Å². The van der Waals surface area contributed by atoms with E-state index in [0.29, 0.717) is 37.8 Å². The second kappa shape index (κ2) is 7.95. The van der Waals surface area contributed by atoms with Crippen LogP contribution >= 0.6 is 11.8 Å². The van der Waals surface area contributed by atoms with Crippen molar-refractivity contribution in [2.45, 2.75) is 30.9 Å². The number of carbonyl (C=O) groups is 1. The number of aliphatic hydroxyl groups excluding tert-OH is 1. The van der Waals surface area contributed by atoms with E-state index in [-0.39, 0.29) is 16.8 Å². The van der Waals surface area contributed by atoms with Gasteiger partial charge >= 0.3 is 0 Å². The molecule has 0 aromatic heterocycles. The Morgan fingerprint density at radius 3 is 2.80 bits per heavy atom. The minimum absolute atomic E-state index is 0.00912. The number of Topliss-reactive ketones (excluding diaryl/α,β-unsaturated/α-hetero) is 1. The van der Waals surface area contributed by atoms with E-state index in [1.165, 1.54) is 0 Å². The lowest BCUT2D eigenvalue weighted by Crippen LogP contribution is -2.20. The number of hydrogen-bond acceptors (Lipinski definition) is 6. The van der Waals surface area contributed by atoms with Crippen molar-refractivity contribution in [3.05, 3.63) is 35.1 Å². The maximum atomic E-state index is 12.3. The van der Waals surface area contributed by atoms with E-state index in [4.69, 9.17) is 9.47 Å². The van der Waals surface area contributed by atoms with E-state index in [0.717, 1.165) is 28.5 Å². The Balaban J connectivity index is 1.92. The quantitative estimate of drug-likeness (QED) is 0.881. The number of ketones is 1. The van der Waals surface area contributed by atoms with Crippen LogP contribution in [-0.2, 0) is 4.79 Å². The number of nitrogens with zero attached hydrogens (tertiary/aromatic N) is 1. The number of benzene rings is 1. The lowest BCUT2D eigenvalue weighted by Gasteiger charge is -2.21. The van der Waals surface area contributed by atoms with Gasteiger partial charge in [0.15, 0.2) is 5.78 Å². The molecule has 1 aromatic carbocycles. The number of thioether (sulfide) groups is 1. The molecule has 5 nitrogen and oxygen atoms in total. The molecule has 1 aliphatic carbocycles. The average molecular weight is 361 g/mol. The fourth-order valence-corrected chi connectivity index (χ4v) is 4.43. The molecule has 0 fully saturated rings. The van der Waals surface area contributed by atoms with Gasteiger partial charge in [-0.3, -0.25) is 9.79 Å². The van der Waals surface area contributed by atoms with E-state index in [1.807, 2.05) is 18.2 Å². The molecule has 2 aliphatic rings. The number of rotatable bonds is 4. The highest BCUT2D eigenvalue weighted by Crippen LogP contribution is 2.41. The summed E-state index contributed by atoms with van der Waals surface area (Å²) in [6, 6.07) is 5.80. The molecule has 1 heterocycles. The molecule has 1 aliphatic heterocycles. The maximum Gasteiger partial charge on any atom is 0.168 e. The van der Waals surface area contributed by atoms with Crippen molar-refractivity contribution in [2.75, 3.05) is 26.5 Å². The number of hydrogen-bond donors (Lipinski definition) is 1. The molecule has 3 rings (SSSR count). The summed E-state index contributed by atoms with van der Waals surface area (Å²) in [7, 11) is 3.28. The van der Waals surface area contributed by atoms with Crippen LogP contribution in [0.25, 0.3) is 0 Å². The Hall–Kier alpha value is -1.95. The Labute approximate surface area is 152 Å². The van der Waals surface area contributed by atoms with Crippen molar-refractivity contribution >= 4 is 23.3 Å². The first-order valence-corrected chi connectivity index (χ1v) is 9.51. The third kappa shape index (κ3) is 3.84. The highest BCUT2D eigenvalue weighted by atomic mass is 32.2. The Bertz CT molecular complexity index is 726. The van der Waals surface area contributed by atoms with Gasteiger partial charge in [0.2, 0.25) is 0 Å². The molecule has 0 spiro atoms. The van der Waals surface area contributed by atoms with Crippen LogP contribution in [0.2, 0.25) is 0 Å². The van der Waals surface area contributed by atoms with Crippen molar-refractivity contribution in [3.63, 3.8) is 0 Å². The van der Waals surface area contributed by atoms with Gasteiger partial charge in [-0.1, -0.05) is 6.07 Å². The zero-order valence-corrected chi connectivity index (χ0v) is 15.4. The topological polar surface area (TPSA) is 68.1 Å². The molecule has 0 amide bonds. The fraction of sp³-hybridized carbons (Fsp3) is 0.474. The fourth-order valence-electron chi connectivity index (χ4n) is 3.29. The summed E-state index contributed by atoms with van der Waals surface area (Å²) < 4.78 is 10.8. The van der Waals surface area contributed by atoms with Crippen LogP contribution in [0.5, 0.6) is 11.5 Å². The van der Waals surface area contributed by atoms with Gasteiger partial charge in [0.05, 0.1) is 25.5 Å². The maximum absolute atomic E-state index is 12.3. The van der Waals surface area contributed by atoms with Crippen molar-refractivity contribution in [1.29, 1.82) is 0 Å². The van der Waals surface area contributed by atoms with Gasteiger partial charge in [0.1, 0.15) is 17.3 Å². The van der Waals surface area contributed by atoms with Crippen LogP contribution in [0.4, 0.5) is 0 Å². The van der Waals surface area contributed by atoms with Gasteiger partial charge in [0.25, 0.3) is 0 Å². The summed E-state index contributed by atoms with van der Waals surface area (Å²) in [5.41, 5.74) is 2.24. The average Bonchev–Trinajstić information content (AvgIpc) is 2.87. The number of allylic oxidation sites excluding steroid dienone is 2. The molecule has 134 valence electrons. The van der Waals surface area contributed by atoms with E-state index in [2.05, 4.69) is 4.99 Å². The van der Waals surface area contributed by atoms with E-state index in [9.17, 15) is 9.90 Å². The highest BCUT2D eigenvalue weighted by Gasteiger charge is 2.29. The Kier molecular flexibility index (Phi) is 5.68. The molecule has 1 aromatic rings. The highest BCUT2D eigenvalue weighted by molar-refractivity contribution is 7.99. The van der Waals surface area contributed by atoms with Crippen molar-refractivity contribution < 1.29 is 19.4 Å². The van der Waals surface area contributed by atoms with Crippen molar-refractivity contribution in [3.8, 4) is 11.5 Å². The van der Waals surface area contributed by atoms with Crippen LogP contribution in [-0.4, -0.2) is 43.1 Å². The third-order valence-corrected chi connectivity index (χ3v) is 5.79. The first-order chi connectivity index (χ1) is 12.1. The lowest BCUT2D eigenvalue weighted by atomic mass is 9.90. The minimum atomic E-state index is 0.00912. The predicted octanol–water partition coefficient (Wildman–Crippen LogP) is 3.89. The summed E-state index contributed by atoms with van der Waals surface area (Å²) in [5.74, 6) is 2.59. The van der Waals surface area contributed by atoms with Crippen LogP contribution < -0.4 is 9.47 Å². The van der Waals surface area contributed by atoms with Gasteiger partial charge in [0, 0.05) is 48.4 Å². The molecule has 0 saturated carbocycles. The SMILES string of the molecule is COc1ccc(C2CC(C3=C(O)CCCC3=O)=NCCS2)c(OC)c1. The molecule has 25 heavy (non-hydrogen) atoms. The largest absolute Gasteiger partial charge is 0.511 e. The van der Waals surface area contributed by atoms with E-state index in [1.54, 1.807) is 26.0 Å². The zero-order valence-electron chi connectivity index (χ0n) is 14.6. The van der Waals surface area contributed by atoms with E-state index < -0.39 is 0 Å². The van der Waals surface area contributed by atoms with Crippen LogP contribution in [0, 0.1) is 0 Å². The normalized spacial score (nSPS) is 21.6. The Morgan fingerprint density at radius 1 is 1.24 bits per heavy atom. The summed E-state index contributed by atoms with van der Waals surface area (Å²) in [5, 5.41) is 10.4. The molecular weight excluding hydrogens is 338 g/mol. The van der Waals surface area contributed by atoms with Crippen LogP contribution in [0.15, 0.2) is 34.5 Å². The predicted molar refractivity (Wildman–Crippen MR) is 100 cm³/mol. The molecule has 6 heteroatoms. The zero-order chi connectivity index (χ0) is 17.8. The first-order valence-electron chi connectivity index (χ1n) is 8.46. The molecule has 0 saturated heterocycles. The standard InChI is InChI=1S/C19H23NO4S/c1-23-12-6-7-13(17(10-12)24-2)18-11-14(20-8-9-25-18)19-15(21)4-3-5-16(19)22/h6-7,10,18,21H,3-5,8-9,11H2,1-2H3. The molecular formula is C19H23NO4S. The van der Waals surface area contributed by atoms with Crippen molar-refractivity contribution in [1.82, 2.24) is 0 Å². The second-order valence-corrected chi connectivity index (χ2v) is 7.41. The molecule has 1 unspecified atom stereocenters. The van der Waals surface area contributed by atoms with Crippen LogP contribution in [0.1, 0.15) is 36.5 Å². The lowest BCUT2D eigenvalue weighted by molar-refractivity contribution is -0.115. The van der Waals surface area contributed by atoms with Gasteiger partial charge in [-0.2, -0.15) is 11.8 Å². The minimum Gasteiger partial charge on any atom is -0.511 e. The van der Waals surface area contributed by atoms with E-state index >= 15 is 0 Å². The summed E-state index contributed by atoms with van der Waals surface area (Å²) in [6.45, 7) is 0.652. The Morgan fingerprint density at radius 2 is 2.08 bits per heavy atom. The molecule has 1 N–H and O–H groups in total. The second-order valence-electron chi connectivity index (χ2n) is 6.10. The molecule has 1 atom stereocenters. The third-order valence-electron chi connectivity index (χ3n) is 4.55. The number of aliphatic hydroxyl groups is 1. The van der Waals surface area contributed by atoms with Crippen molar-refractivity contribution in [2.24, 2.45) is 4.99 Å². The smallest absolute Gasteiger partial charge is 0.168 e. The number of ether oxygens (including phenoxy) is 2.